The molecule has 0 aromatic carbocycles. The average Bonchev–Trinajstić information content (AvgIpc) is 2.24. The van der Waals surface area contributed by atoms with Crippen LogP contribution in [0, 0.1) is 0 Å². The first-order chi connectivity index (χ1) is 7.17. The molecule has 0 fully saturated rings. The highest BCUT2D eigenvalue weighted by molar-refractivity contribution is 6.18. The summed E-state index contributed by atoms with van der Waals surface area (Å²) in [5, 5.41) is 3.00. The van der Waals surface area contributed by atoms with E-state index in [1.165, 1.54) is 0 Å². The second kappa shape index (κ2) is 8.98. The van der Waals surface area contributed by atoms with Crippen LogP contribution in [0.5, 0.6) is 0 Å². The molecule has 0 aliphatic rings. The van der Waals surface area contributed by atoms with Crippen molar-refractivity contribution in [3.63, 3.8) is 0 Å². The van der Waals surface area contributed by atoms with E-state index < -0.39 is 0 Å². The predicted octanol–water partition coefficient (Wildman–Crippen LogP) is 1.85. The van der Waals surface area contributed by atoms with Crippen LogP contribution in [0.2, 0.25) is 0 Å². The third-order valence-electron chi connectivity index (χ3n) is 2.55. The van der Waals surface area contributed by atoms with E-state index in [1.807, 2.05) is 0 Å². The smallest absolute Gasteiger partial charge is 0.221 e. The molecule has 0 aliphatic heterocycles. The van der Waals surface area contributed by atoms with Gasteiger partial charge in [0.2, 0.25) is 5.91 Å². The summed E-state index contributed by atoms with van der Waals surface area (Å²) < 4.78 is 0. The van der Waals surface area contributed by atoms with Crippen molar-refractivity contribution in [2.75, 3.05) is 25.5 Å². The summed E-state index contributed by atoms with van der Waals surface area (Å²) in [5.41, 5.74) is 0. The van der Waals surface area contributed by atoms with Gasteiger partial charge in [-0.15, -0.1) is 11.6 Å². The van der Waals surface area contributed by atoms with Gasteiger partial charge in [0.1, 0.15) is 0 Å². The van der Waals surface area contributed by atoms with Gasteiger partial charge in [0.15, 0.2) is 0 Å². The van der Waals surface area contributed by atoms with Crippen molar-refractivity contribution in [2.24, 2.45) is 0 Å². The van der Waals surface area contributed by atoms with E-state index in [4.69, 9.17) is 11.6 Å². The topological polar surface area (TPSA) is 32.3 Å². The van der Waals surface area contributed by atoms with Gasteiger partial charge in [-0.1, -0.05) is 20.8 Å². The molecule has 1 atom stereocenters. The number of amides is 1. The Morgan fingerprint density at radius 3 is 2.33 bits per heavy atom. The lowest BCUT2D eigenvalue weighted by molar-refractivity contribution is -0.121. The zero-order valence-corrected chi connectivity index (χ0v) is 10.8. The fourth-order valence-electron chi connectivity index (χ4n) is 1.46. The molecule has 1 amide bonds. The quantitative estimate of drug-likeness (QED) is 0.651. The molecule has 90 valence electrons. The molecule has 0 aromatic rings. The van der Waals surface area contributed by atoms with E-state index in [0.29, 0.717) is 12.3 Å². The zero-order valence-electron chi connectivity index (χ0n) is 10.1. The van der Waals surface area contributed by atoms with Gasteiger partial charge in [0, 0.05) is 24.9 Å². The molecule has 0 heterocycles. The van der Waals surface area contributed by atoms with Gasteiger partial charge in [-0.25, -0.2) is 0 Å². The molecular formula is C11H23ClN2O. The van der Waals surface area contributed by atoms with Crippen molar-refractivity contribution in [3.8, 4) is 0 Å². The van der Waals surface area contributed by atoms with E-state index in [9.17, 15) is 4.79 Å². The summed E-state index contributed by atoms with van der Waals surface area (Å²) in [6.45, 7) is 9.34. The van der Waals surface area contributed by atoms with E-state index in [1.54, 1.807) is 0 Å². The van der Waals surface area contributed by atoms with E-state index in [2.05, 4.69) is 31.0 Å². The summed E-state index contributed by atoms with van der Waals surface area (Å²) in [4.78, 5) is 13.7. The molecule has 0 saturated heterocycles. The van der Waals surface area contributed by atoms with Crippen LogP contribution in [0.1, 0.15) is 33.6 Å². The maximum atomic E-state index is 11.4. The number of hydrogen-bond acceptors (Lipinski definition) is 2. The zero-order chi connectivity index (χ0) is 11.7. The van der Waals surface area contributed by atoms with Crippen molar-refractivity contribution in [1.29, 1.82) is 0 Å². The number of nitrogens with zero attached hydrogens (tertiary/aromatic N) is 1. The maximum Gasteiger partial charge on any atom is 0.221 e. The molecule has 0 spiro atoms. The normalized spacial score (nSPS) is 12.9. The van der Waals surface area contributed by atoms with Crippen molar-refractivity contribution >= 4 is 17.5 Å². The SMILES string of the molecule is CCC(CN(CC)CC)NC(=O)CCCl. The molecule has 3 nitrogen and oxygen atoms in total. The van der Waals surface area contributed by atoms with Gasteiger partial charge in [0.25, 0.3) is 0 Å². The standard InChI is InChI=1S/C11H23ClN2O/c1-4-10(9-14(5-2)6-3)13-11(15)7-8-12/h10H,4-9H2,1-3H3,(H,13,15). The second-order valence-corrected chi connectivity index (χ2v) is 3.98. The minimum atomic E-state index is 0.0593. The van der Waals surface area contributed by atoms with Crippen LogP contribution in [-0.2, 0) is 4.79 Å². The first kappa shape index (κ1) is 14.7. The molecule has 0 bridgehead atoms. The summed E-state index contributed by atoms with van der Waals surface area (Å²) in [6, 6.07) is 0.251. The van der Waals surface area contributed by atoms with E-state index in [-0.39, 0.29) is 11.9 Å². The highest BCUT2D eigenvalue weighted by Crippen LogP contribution is 1.98. The lowest BCUT2D eigenvalue weighted by atomic mass is 10.2. The fourth-order valence-corrected chi connectivity index (χ4v) is 1.63. The van der Waals surface area contributed by atoms with Gasteiger partial charge in [-0.2, -0.15) is 0 Å². The first-order valence-electron chi connectivity index (χ1n) is 5.75. The minimum Gasteiger partial charge on any atom is -0.352 e. The number of carbonyl (C=O) groups is 1. The molecule has 15 heavy (non-hydrogen) atoms. The molecule has 0 rings (SSSR count). The van der Waals surface area contributed by atoms with Crippen LogP contribution in [0.15, 0.2) is 0 Å². The van der Waals surface area contributed by atoms with Crippen molar-refractivity contribution in [2.45, 2.75) is 39.7 Å². The number of rotatable bonds is 8. The maximum absolute atomic E-state index is 11.4. The minimum absolute atomic E-state index is 0.0593. The van der Waals surface area contributed by atoms with Crippen molar-refractivity contribution in [3.05, 3.63) is 0 Å². The average molecular weight is 235 g/mol. The van der Waals surface area contributed by atoms with Gasteiger partial charge < -0.3 is 10.2 Å². The number of likely N-dealkylation sites (N-methyl/N-ethyl adjacent to an activating group) is 1. The van der Waals surface area contributed by atoms with Crippen LogP contribution >= 0.6 is 11.6 Å². The number of halogens is 1. The Kier molecular flexibility index (Phi) is 8.82. The molecule has 0 aliphatic carbocycles. The Hall–Kier alpha value is -0.280. The lowest BCUT2D eigenvalue weighted by Crippen LogP contribution is -2.43. The highest BCUT2D eigenvalue weighted by atomic mass is 35.5. The highest BCUT2D eigenvalue weighted by Gasteiger charge is 2.12. The summed E-state index contributed by atoms with van der Waals surface area (Å²) in [5.74, 6) is 0.456. The molecule has 0 aromatic heterocycles. The second-order valence-electron chi connectivity index (χ2n) is 3.60. The Morgan fingerprint density at radius 1 is 1.33 bits per heavy atom. The summed E-state index contributed by atoms with van der Waals surface area (Å²) in [6.07, 6.45) is 1.38. The van der Waals surface area contributed by atoms with Crippen LogP contribution in [-0.4, -0.2) is 42.4 Å². The predicted molar refractivity (Wildman–Crippen MR) is 65.3 cm³/mol. The van der Waals surface area contributed by atoms with Gasteiger partial charge in [-0.05, 0) is 19.5 Å². The Balaban J connectivity index is 3.95. The van der Waals surface area contributed by atoms with Gasteiger partial charge in [0.05, 0.1) is 0 Å². The first-order valence-corrected chi connectivity index (χ1v) is 6.28. The largest absolute Gasteiger partial charge is 0.352 e. The Bertz CT molecular complexity index is 172. The Labute approximate surface area is 98.2 Å². The van der Waals surface area contributed by atoms with Crippen LogP contribution in [0.25, 0.3) is 0 Å². The summed E-state index contributed by atoms with van der Waals surface area (Å²) >= 11 is 5.51. The monoisotopic (exact) mass is 234 g/mol. The van der Waals surface area contributed by atoms with Crippen molar-refractivity contribution in [1.82, 2.24) is 10.2 Å². The third kappa shape index (κ3) is 6.74. The molecule has 1 N–H and O–H groups in total. The van der Waals surface area contributed by atoms with Crippen LogP contribution < -0.4 is 5.32 Å². The Morgan fingerprint density at radius 2 is 1.93 bits per heavy atom. The number of carbonyl (C=O) groups excluding carboxylic acids is 1. The lowest BCUT2D eigenvalue weighted by Gasteiger charge is -2.25. The van der Waals surface area contributed by atoms with E-state index >= 15 is 0 Å². The van der Waals surface area contributed by atoms with Gasteiger partial charge in [-0.3, -0.25) is 4.79 Å². The third-order valence-corrected chi connectivity index (χ3v) is 2.74. The molecule has 4 heteroatoms. The molecular weight excluding hydrogens is 212 g/mol. The molecule has 1 unspecified atom stereocenters. The van der Waals surface area contributed by atoms with E-state index in [0.717, 1.165) is 26.1 Å². The number of alkyl halides is 1. The van der Waals surface area contributed by atoms with Crippen LogP contribution in [0.3, 0.4) is 0 Å². The van der Waals surface area contributed by atoms with Crippen LogP contribution in [0.4, 0.5) is 0 Å². The molecule has 0 radical (unpaired) electrons. The summed E-state index contributed by atoms with van der Waals surface area (Å²) in [7, 11) is 0. The molecule has 0 saturated carbocycles. The fraction of sp³-hybridized carbons (Fsp3) is 0.909. The number of hydrogen-bond donors (Lipinski definition) is 1. The van der Waals surface area contributed by atoms with Gasteiger partial charge >= 0.3 is 0 Å². The van der Waals surface area contributed by atoms with Crippen molar-refractivity contribution < 1.29 is 4.79 Å². The number of nitrogens with one attached hydrogen (secondary N) is 1.